The highest BCUT2D eigenvalue weighted by Crippen LogP contribution is 2.45. The molecule has 2 aliphatic heterocycles. The molecule has 2 aliphatic rings. The Morgan fingerprint density at radius 1 is 1.42 bits per heavy atom. The van der Waals surface area contributed by atoms with Crippen molar-refractivity contribution < 1.29 is 19.0 Å². The summed E-state index contributed by atoms with van der Waals surface area (Å²) in [5, 5.41) is 10.3. The van der Waals surface area contributed by atoms with Gasteiger partial charge >= 0.3 is 0 Å². The van der Waals surface area contributed by atoms with Crippen LogP contribution in [0.1, 0.15) is 44.3 Å². The van der Waals surface area contributed by atoms with E-state index in [1.54, 1.807) is 6.07 Å². The molecule has 0 aromatic heterocycles. The molecule has 0 saturated carbocycles. The molecule has 1 aromatic carbocycles. The van der Waals surface area contributed by atoms with E-state index in [1.165, 1.54) is 12.1 Å². The summed E-state index contributed by atoms with van der Waals surface area (Å²) < 4.78 is 25.1. The van der Waals surface area contributed by atoms with Crippen molar-refractivity contribution in [2.45, 2.75) is 50.4 Å². The van der Waals surface area contributed by atoms with Crippen LogP contribution in [-0.4, -0.2) is 23.4 Å². The smallest absolute Gasteiger partial charge is 0.128 e. The number of hydrogen-bond donors (Lipinski definition) is 1. The van der Waals surface area contributed by atoms with E-state index in [4.69, 9.17) is 9.47 Å². The molecule has 1 saturated heterocycles. The van der Waals surface area contributed by atoms with Gasteiger partial charge in [0.1, 0.15) is 17.2 Å². The second-order valence-corrected chi connectivity index (χ2v) is 5.54. The highest BCUT2D eigenvalue weighted by atomic mass is 19.1. The summed E-state index contributed by atoms with van der Waals surface area (Å²) in [6, 6.07) is 4.34. The molecule has 0 radical (unpaired) electrons. The molecular formula is C15H19FO3. The summed E-state index contributed by atoms with van der Waals surface area (Å²) >= 11 is 0. The van der Waals surface area contributed by atoms with Crippen LogP contribution in [0.4, 0.5) is 4.39 Å². The van der Waals surface area contributed by atoms with Crippen LogP contribution in [0.3, 0.4) is 0 Å². The maximum absolute atomic E-state index is 13.3. The van der Waals surface area contributed by atoms with Crippen molar-refractivity contribution in [1.29, 1.82) is 0 Å². The maximum Gasteiger partial charge on any atom is 0.128 e. The third-order valence-electron chi connectivity index (χ3n) is 4.19. The Morgan fingerprint density at radius 3 is 3.05 bits per heavy atom. The fourth-order valence-electron chi connectivity index (χ4n) is 3.14. The lowest BCUT2D eigenvalue weighted by atomic mass is 9.80. The van der Waals surface area contributed by atoms with Crippen molar-refractivity contribution in [2.75, 3.05) is 6.61 Å². The summed E-state index contributed by atoms with van der Waals surface area (Å²) in [7, 11) is 0. The molecule has 3 atom stereocenters. The molecule has 4 heteroatoms. The molecular weight excluding hydrogens is 247 g/mol. The Kier molecular flexibility index (Phi) is 3.23. The summed E-state index contributed by atoms with van der Waals surface area (Å²) in [6.07, 6.45) is 2.58. The van der Waals surface area contributed by atoms with Gasteiger partial charge in [0.05, 0.1) is 18.8 Å². The lowest BCUT2D eigenvalue weighted by Gasteiger charge is -2.45. The zero-order valence-electron chi connectivity index (χ0n) is 11.1. The van der Waals surface area contributed by atoms with E-state index in [0.29, 0.717) is 24.3 Å². The Morgan fingerprint density at radius 2 is 2.26 bits per heavy atom. The molecule has 1 fully saturated rings. The minimum Gasteiger partial charge on any atom is -0.486 e. The number of benzene rings is 1. The third kappa shape index (κ3) is 2.35. The Hall–Kier alpha value is -1.13. The quantitative estimate of drug-likeness (QED) is 0.849. The van der Waals surface area contributed by atoms with Gasteiger partial charge in [-0.1, -0.05) is 6.92 Å². The first kappa shape index (κ1) is 12.9. The standard InChI is InChI=1S/C15H19FO3/c1-2-11-8-15(5-6-18-11)9-13(17)12-4-3-10(16)7-14(12)19-15/h3-4,7,11,13,17H,2,5-6,8-9H2,1H3. The number of fused-ring (bicyclic) bond motifs is 1. The van der Waals surface area contributed by atoms with E-state index in [1.807, 2.05) is 0 Å². The molecule has 1 spiro atoms. The van der Waals surface area contributed by atoms with Crippen LogP contribution in [-0.2, 0) is 4.74 Å². The average molecular weight is 266 g/mol. The number of halogens is 1. The zero-order valence-corrected chi connectivity index (χ0v) is 11.1. The number of aliphatic hydroxyl groups is 1. The van der Waals surface area contributed by atoms with Gasteiger partial charge in [-0.3, -0.25) is 0 Å². The first-order valence-corrected chi connectivity index (χ1v) is 6.90. The fourth-order valence-corrected chi connectivity index (χ4v) is 3.14. The number of ether oxygens (including phenoxy) is 2. The van der Waals surface area contributed by atoms with Gasteiger partial charge in [-0.25, -0.2) is 4.39 Å². The maximum atomic E-state index is 13.3. The molecule has 3 unspecified atom stereocenters. The minimum atomic E-state index is -0.583. The minimum absolute atomic E-state index is 0.163. The van der Waals surface area contributed by atoms with Gasteiger partial charge in [-0.15, -0.1) is 0 Å². The molecule has 3 nitrogen and oxygen atoms in total. The largest absolute Gasteiger partial charge is 0.486 e. The third-order valence-corrected chi connectivity index (χ3v) is 4.19. The van der Waals surface area contributed by atoms with Crippen LogP contribution in [0.15, 0.2) is 18.2 Å². The van der Waals surface area contributed by atoms with Crippen LogP contribution in [0.5, 0.6) is 5.75 Å². The lowest BCUT2D eigenvalue weighted by Crippen LogP contribution is -2.48. The Balaban J connectivity index is 1.90. The predicted molar refractivity (Wildman–Crippen MR) is 68.6 cm³/mol. The number of aliphatic hydroxyl groups excluding tert-OH is 1. The average Bonchev–Trinajstić information content (AvgIpc) is 2.38. The zero-order chi connectivity index (χ0) is 13.5. The highest BCUT2D eigenvalue weighted by Gasteiger charge is 2.44. The van der Waals surface area contributed by atoms with E-state index in [-0.39, 0.29) is 11.9 Å². The van der Waals surface area contributed by atoms with Gasteiger partial charge in [0, 0.05) is 30.9 Å². The fraction of sp³-hybridized carbons (Fsp3) is 0.600. The van der Waals surface area contributed by atoms with Gasteiger partial charge in [0.15, 0.2) is 0 Å². The van der Waals surface area contributed by atoms with Crippen LogP contribution in [0.25, 0.3) is 0 Å². The topological polar surface area (TPSA) is 38.7 Å². The monoisotopic (exact) mass is 266 g/mol. The van der Waals surface area contributed by atoms with Crippen LogP contribution >= 0.6 is 0 Å². The van der Waals surface area contributed by atoms with Crippen molar-refractivity contribution in [2.24, 2.45) is 0 Å². The summed E-state index contributed by atoms with van der Waals surface area (Å²) in [4.78, 5) is 0. The lowest BCUT2D eigenvalue weighted by molar-refractivity contribution is -0.116. The molecule has 0 bridgehead atoms. The first-order chi connectivity index (χ1) is 9.12. The summed E-state index contributed by atoms with van der Waals surface area (Å²) in [5.41, 5.74) is 0.283. The molecule has 1 N–H and O–H groups in total. The van der Waals surface area contributed by atoms with Crippen LogP contribution in [0, 0.1) is 5.82 Å². The van der Waals surface area contributed by atoms with Crippen molar-refractivity contribution in [3.05, 3.63) is 29.6 Å². The Labute approximate surface area is 112 Å². The Bertz CT molecular complexity index is 476. The molecule has 0 aliphatic carbocycles. The molecule has 1 aromatic rings. The van der Waals surface area contributed by atoms with Crippen molar-refractivity contribution in [3.8, 4) is 5.75 Å². The number of hydrogen-bond acceptors (Lipinski definition) is 3. The van der Waals surface area contributed by atoms with E-state index >= 15 is 0 Å². The predicted octanol–water partition coefficient (Wildman–Crippen LogP) is 2.97. The van der Waals surface area contributed by atoms with Crippen molar-refractivity contribution in [1.82, 2.24) is 0 Å². The van der Waals surface area contributed by atoms with E-state index in [0.717, 1.165) is 19.3 Å². The van der Waals surface area contributed by atoms with E-state index in [2.05, 4.69) is 6.92 Å². The van der Waals surface area contributed by atoms with Gasteiger partial charge in [0.2, 0.25) is 0 Å². The van der Waals surface area contributed by atoms with Gasteiger partial charge in [-0.2, -0.15) is 0 Å². The molecule has 0 amide bonds. The second-order valence-electron chi connectivity index (χ2n) is 5.54. The molecule has 3 rings (SSSR count). The highest BCUT2D eigenvalue weighted by molar-refractivity contribution is 5.38. The van der Waals surface area contributed by atoms with Crippen molar-refractivity contribution >= 4 is 0 Å². The number of rotatable bonds is 1. The van der Waals surface area contributed by atoms with Gasteiger partial charge in [-0.05, 0) is 18.6 Å². The second kappa shape index (κ2) is 4.76. The van der Waals surface area contributed by atoms with E-state index in [9.17, 15) is 9.50 Å². The molecule has 19 heavy (non-hydrogen) atoms. The summed E-state index contributed by atoms with van der Waals surface area (Å²) in [5.74, 6) is 0.151. The normalized spacial score (nSPS) is 33.8. The molecule has 104 valence electrons. The van der Waals surface area contributed by atoms with Gasteiger partial charge in [0.25, 0.3) is 0 Å². The van der Waals surface area contributed by atoms with E-state index < -0.39 is 11.7 Å². The van der Waals surface area contributed by atoms with Crippen LogP contribution in [0.2, 0.25) is 0 Å². The first-order valence-electron chi connectivity index (χ1n) is 6.90. The van der Waals surface area contributed by atoms with Crippen LogP contribution < -0.4 is 4.74 Å². The summed E-state index contributed by atoms with van der Waals surface area (Å²) in [6.45, 7) is 2.71. The molecule has 2 heterocycles. The van der Waals surface area contributed by atoms with Gasteiger partial charge < -0.3 is 14.6 Å². The van der Waals surface area contributed by atoms with Crippen molar-refractivity contribution in [3.63, 3.8) is 0 Å². The SMILES string of the molecule is CCC1CC2(CCO1)CC(O)c1ccc(F)cc1O2.